The Balaban J connectivity index is 2.24. The van der Waals surface area contributed by atoms with Crippen LogP contribution in [0.5, 0.6) is 0 Å². The van der Waals surface area contributed by atoms with Gasteiger partial charge >= 0.3 is 0 Å². The first-order chi connectivity index (χ1) is 9.39. The Morgan fingerprint density at radius 2 is 2.25 bits per heavy atom. The van der Waals surface area contributed by atoms with Gasteiger partial charge in [0.15, 0.2) is 5.84 Å². The van der Waals surface area contributed by atoms with E-state index in [-0.39, 0.29) is 11.7 Å². The van der Waals surface area contributed by atoms with Gasteiger partial charge in [0.2, 0.25) is 5.91 Å². The number of carbonyl (C=O) groups excluding carboxylic acids is 1. The number of benzene rings is 1. The first-order valence-corrected chi connectivity index (χ1v) is 7.30. The first kappa shape index (κ1) is 15.1. The van der Waals surface area contributed by atoms with Gasteiger partial charge in [-0.25, -0.2) is 0 Å². The van der Waals surface area contributed by atoms with E-state index in [4.69, 9.17) is 22.5 Å². The first-order valence-electron chi connectivity index (χ1n) is 6.13. The topological polar surface area (TPSA) is 87.7 Å². The van der Waals surface area contributed by atoms with Crippen molar-refractivity contribution in [3.05, 3.63) is 27.7 Å². The molecule has 1 aliphatic carbocycles. The highest BCUT2D eigenvalue weighted by Gasteiger charge is 2.52. The standard InChI is InChI=1S/C13H15BrClN3O2/c1-7-5-13(6-7,11(16)18-20)12(19)17-10-4-8(14)2-3-9(10)15/h2-4,7,20H,5-6H2,1H3,(H2,16,18)(H,17,19). The predicted octanol–water partition coefficient (Wildman–Crippen LogP) is 3.20. The van der Waals surface area contributed by atoms with Crippen LogP contribution in [0.25, 0.3) is 0 Å². The molecule has 1 fully saturated rings. The molecule has 0 aliphatic heterocycles. The van der Waals surface area contributed by atoms with Crippen LogP contribution in [0.3, 0.4) is 0 Å². The Morgan fingerprint density at radius 3 is 2.80 bits per heavy atom. The number of anilines is 1. The minimum atomic E-state index is -0.945. The second-order valence-electron chi connectivity index (χ2n) is 5.16. The number of rotatable bonds is 3. The molecule has 1 aliphatic rings. The molecule has 0 radical (unpaired) electrons. The number of halogens is 2. The molecule has 4 N–H and O–H groups in total. The fourth-order valence-corrected chi connectivity index (χ4v) is 3.10. The van der Waals surface area contributed by atoms with Gasteiger partial charge in [0.1, 0.15) is 5.41 Å². The lowest BCUT2D eigenvalue weighted by Gasteiger charge is -2.43. The van der Waals surface area contributed by atoms with E-state index in [0.29, 0.717) is 29.5 Å². The highest BCUT2D eigenvalue weighted by molar-refractivity contribution is 9.10. The zero-order valence-corrected chi connectivity index (χ0v) is 13.2. The SMILES string of the molecule is CC1CC(C(=O)Nc2cc(Br)ccc2Cl)(/C(N)=N/O)C1. The summed E-state index contributed by atoms with van der Waals surface area (Å²) in [6.45, 7) is 2.02. The van der Waals surface area contributed by atoms with Gasteiger partial charge in [-0.15, -0.1) is 0 Å². The maximum atomic E-state index is 12.5. The quantitative estimate of drug-likeness (QED) is 0.335. The van der Waals surface area contributed by atoms with E-state index in [0.717, 1.165) is 4.47 Å². The van der Waals surface area contributed by atoms with E-state index in [1.165, 1.54) is 0 Å². The van der Waals surface area contributed by atoms with Crippen LogP contribution in [0.15, 0.2) is 27.8 Å². The van der Waals surface area contributed by atoms with E-state index in [2.05, 4.69) is 26.4 Å². The number of nitrogens with two attached hydrogens (primary N) is 1. The lowest BCUT2D eigenvalue weighted by atomic mass is 9.61. The molecule has 7 heteroatoms. The second-order valence-corrected chi connectivity index (χ2v) is 6.48. The van der Waals surface area contributed by atoms with Crippen molar-refractivity contribution in [2.45, 2.75) is 19.8 Å². The van der Waals surface area contributed by atoms with Crippen molar-refractivity contribution in [1.29, 1.82) is 0 Å². The summed E-state index contributed by atoms with van der Waals surface area (Å²) in [5.74, 6) is 0.00384. The van der Waals surface area contributed by atoms with Gasteiger partial charge in [-0.1, -0.05) is 39.6 Å². The maximum absolute atomic E-state index is 12.5. The van der Waals surface area contributed by atoms with Gasteiger partial charge in [0, 0.05) is 4.47 Å². The number of nitrogens with one attached hydrogen (secondary N) is 1. The van der Waals surface area contributed by atoms with Crippen molar-refractivity contribution in [3.8, 4) is 0 Å². The number of amidine groups is 1. The third-order valence-electron chi connectivity index (χ3n) is 3.60. The van der Waals surface area contributed by atoms with E-state index in [1.54, 1.807) is 18.2 Å². The van der Waals surface area contributed by atoms with Crippen molar-refractivity contribution < 1.29 is 10.0 Å². The maximum Gasteiger partial charge on any atom is 0.238 e. The summed E-state index contributed by atoms with van der Waals surface area (Å²) in [5, 5.41) is 15.1. The van der Waals surface area contributed by atoms with Crippen molar-refractivity contribution in [1.82, 2.24) is 0 Å². The Bertz CT molecular complexity index is 571. The van der Waals surface area contributed by atoms with Gasteiger partial charge in [0.25, 0.3) is 0 Å². The summed E-state index contributed by atoms with van der Waals surface area (Å²) in [4.78, 5) is 12.5. The van der Waals surface area contributed by atoms with Crippen molar-refractivity contribution in [3.63, 3.8) is 0 Å². The molecule has 1 aromatic rings. The zero-order valence-electron chi connectivity index (χ0n) is 10.9. The predicted molar refractivity (Wildman–Crippen MR) is 82.0 cm³/mol. The Kier molecular flexibility index (Phi) is 4.25. The molecule has 0 aromatic heterocycles. The normalized spacial score (nSPS) is 25.9. The van der Waals surface area contributed by atoms with Crippen LogP contribution < -0.4 is 11.1 Å². The van der Waals surface area contributed by atoms with Gasteiger partial charge in [-0.2, -0.15) is 0 Å². The molecular formula is C13H15BrClN3O2. The van der Waals surface area contributed by atoms with Gasteiger partial charge < -0.3 is 16.3 Å². The summed E-state index contributed by atoms with van der Waals surface area (Å²) in [6, 6.07) is 5.17. The molecule has 1 aromatic carbocycles. The van der Waals surface area contributed by atoms with E-state index in [9.17, 15) is 4.79 Å². The molecule has 108 valence electrons. The van der Waals surface area contributed by atoms with Crippen LogP contribution in [0.1, 0.15) is 19.8 Å². The number of amides is 1. The molecular weight excluding hydrogens is 346 g/mol. The second kappa shape index (κ2) is 5.61. The number of carbonyl (C=O) groups is 1. The van der Waals surface area contributed by atoms with Gasteiger partial charge in [-0.3, -0.25) is 4.79 Å². The molecule has 1 saturated carbocycles. The lowest BCUT2D eigenvalue weighted by molar-refractivity contribution is -0.127. The largest absolute Gasteiger partial charge is 0.409 e. The van der Waals surface area contributed by atoms with Crippen molar-refractivity contribution >= 4 is 45.0 Å². The minimum absolute atomic E-state index is 0.0563. The van der Waals surface area contributed by atoms with Crippen molar-refractivity contribution in [2.75, 3.05) is 5.32 Å². The van der Waals surface area contributed by atoms with Gasteiger partial charge in [-0.05, 0) is 37.0 Å². The van der Waals surface area contributed by atoms with Crippen LogP contribution >= 0.6 is 27.5 Å². The van der Waals surface area contributed by atoms with Crippen LogP contribution in [-0.2, 0) is 4.79 Å². The molecule has 0 heterocycles. The molecule has 20 heavy (non-hydrogen) atoms. The van der Waals surface area contributed by atoms with Crippen LogP contribution in [-0.4, -0.2) is 17.0 Å². The third kappa shape index (κ3) is 2.62. The summed E-state index contributed by atoms with van der Waals surface area (Å²) in [6.07, 6.45) is 1.11. The fourth-order valence-electron chi connectivity index (χ4n) is 2.57. The van der Waals surface area contributed by atoms with Crippen LogP contribution in [0.2, 0.25) is 5.02 Å². The highest BCUT2D eigenvalue weighted by atomic mass is 79.9. The average molecular weight is 361 g/mol. The van der Waals surface area contributed by atoms with Gasteiger partial charge in [0.05, 0.1) is 10.7 Å². The molecule has 0 unspecified atom stereocenters. The number of nitrogens with zero attached hydrogens (tertiary/aromatic N) is 1. The number of oxime groups is 1. The average Bonchev–Trinajstić information content (AvgIpc) is 2.38. The van der Waals surface area contributed by atoms with E-state index < -0.39 is 5.41 Å². The Morgan fingerprint density at radius 1 is 1.60 bits per heavy atom. The number of hydrogen-bond donors (Lipinski definition) is 3. The number of hydrogen-bond acceptors (Lipinski definition) is 3. The molecule has 2 rings (SSSR count). The molecule has 0 spiro atoms. The third-order valence-corrected chi connectivity index (χ3v) is 4.43. The molecule has 5 nitrogen and oxygen atoms in total. The lowest BCUT2D eigenvalue weighted by Crippen LogP contribution is -2.54. The van der Waals surface area contributed by atoms with Crippen LogP contribution in [0, 0.1) is 11.3 Å². The minimum Gasteiger partial charge on any atom is -0.409 e. The smallest absolute Gasteiger partial charge is 0.238 e. The highest BCUT2D eigenvalue weighted by Crippen LogP contribution is 2.46. The van der Waals surface area contributed by atoms with E-state index in [1.807, 2.05) is 6.92 Å². The van der Waals surface area contributed by atoms with Crippen LogP contribution in [0.4, 0.5) is 5.69 Å². The zero-order chi connectivity index (χ0) is 14.9. The molecule has 0 atom stereocenters. The summed E-state index contributed by atoms with van der Waals surface area (Å²) >= 11 is 9.37. The molecule has 0 saturated heterocycles. The monoisotopic (exact) mass is 359 g/mol. The fraction of sp³-hybridized carbons (Fsp3) is 0.385. The summed E-state index contributed by atoms with van der Waals surface area (Å²) in [5.41, 5.74) is 5.25. The van der Waals surface area contributed by atoms with Crippen molar-refractivity contribution in [2.24, 2.45) is 22.2 Å². The molecule has 0 bridgehead atoms. The summed E-state index contributed by atoms with van der Waals surface area (Å²) < 4.78 is 0.803. The Labute approximate surface area is 130 Å². The molecule has 1 amide bonds. The van der Waals surface area contributed by atoms with E-state index >= 15 is 0 Å². The summed E-state index contributed by atoms with van der Waals surface area (Å²) in [7, 11) is 0. The Hall–Kier alpha value is -1.27.